The highest BCUT2D eigenvalue weighted by Crippen LogP contribution is 2.27. The van der Waals surface area contributed by atoms with Gasteiger partial charge in [-0.2, -0.15) is 0 Å². The molecule has 0 aliphatic rings. The van der Waals surface area contributed by atoms with Crippen LogP contribution in [0.3, 0.4) is 0 Å². The molecule has 5 nitrogen and oxygen atoms in total. The summed E-state index contributed by atoms with van der Waals surface area (Å²) < 4.78 is 10.5. The van der Waals surface area contributed by atoms with E-state index < -0.39 is 0 Å². The second kappa shape index (κ2) is 8.01. The zero-order valence-electron chi connectivity index (χ0n) is 14.9. The molecule has 1 amide bonds. The molecule has 6 heteroatoms. The van der Waals surface area contributed by atoms with Crippen molar-refractivity contribution in [2.75, 3.05) is 14.2 Å². The van der Waals surface area contributed by atoms with Gasteiger partial charge in [0.1, 0.15) is 22.2 Å². The number of thiazole rings is 1. The lowest BCUT2D eigenvalue weighted by Crippen LogP contribution is -2.27. The van der Waals surface area contributed by atoms with E-state index in [2.05, 4.69) is 10.3 Å². The molecule has 1 N–H and O–H groups in total. The number of aromatic nitrogens is 1. The Balaban J connectivity index is 1.73. The van der Waals surface area contributed by atoms with Crippen LogP contribution in [0.2, 0.25) is 0 Å². The normalized spacial score (nSPS) is 11.7. The van der Waals surface area contributed by atoms with Gasteiger partial charge in [0.25, 0.3) is 5.91 Å². The van der Waals surface area contributed by atoms with Crippen molar-refractivity contribution in [3.05, 3.63) is 65.2 Å². The van der Waals surface area contributed by atoms with Crippen LogP contribution in [-0.2, 0) is 0 Å². The van der Waals surface area contributed by atoms with Crippen LogP contribution < -0.4 is 14.8 Å². The molecule has 26 heavy (non-hydrogen) atoms. The molecule has 2 aromatic carbocycles. The molecule has 0 saturated carbocycles. The van der Waals surface area contributed by atoms with E-state index in [0.717, 1.165) is 27.6 Å². The van der Waals surface area contributed by atoms with Gasteiger partial charge in [-0.15, -0.1) is 11.3 Å². The van der Waals surface area contributed by atoms with Crippen molar-refractivity contribution in [1.29, 1.82) is 0 Å². The Labute approximate surface area is 156 Å². The first kappa shape index (κ1) is 17.9. The third-order valence-electron chi connectivity index (χ3n) is 4.03. The van der Waals surface area contributed by atoms with E-state index in [4.69, 9.17) is 9.47 Å². The van der Waals surface area contributed by atoms with E-state index in [-0.39, 0.29) is 11.9 Å². The summed E-state index contributed by atoms with van der Waals surface area (Å²) in [5.41, 5.74) is 2.28. The van der Waals surface area contributed by atoms with Crippen molar-refractivity contribution < 1.29 is 14.3 Å². The number of nitrogens with one attached hydrogen (secondary N) is 1. The van der Waals surface area contributed by atoms with Crippen molar-refractivity contribution in [2.24, 2.45) is 0 Å². The molecule has 1 heterocycles. The van der Waals surface area contributed by atoms with Crippen LogP contribution in [0.25, 0.3) is 10.6 Å². The van der Waals surface area contributed by atoms with Crippen LogP contribution in [0.15, 0.2) is 53.9 Å². The van der Waals surface area contributed by atoms with E-state index in [0.29, 0.717) is 5.69 Å². The van der Waals surface area contributed by atoms with Crippen molar-refractivity contribution in [1.82, 2.24) is 10.3 Å². The number of carbonyl (C=O) groups excluding carboxylic acids is 1. The lowest BCUT2D eigenvalue weighted by molar-refractivity contribution is 0.0935. The molecule has 0 fully saturated rings. The summed E-state index contributed by atoms with van der Waals surface area (Å²) in [5, 5.41) is 5.54. The number of para-hydroxylation sites is 1. The maximum atomic E-state index is 12.5. The van der Waals surface area contributed by atoms with Gasteiger partial charge in [-0.1, -0.05) is 18.2 Å². The van der Waals surface area contributed by atoms with Gasteiger partial charge in [0, 0.05) is 16.5 Å². The maximum absolute atomic E-state index is 12.5. The number of amides is 1. The zero-order valence-corrected chi connectivity index (χ0v) is 15.7. The first-order valence-corrected chi connectivity index (χ1v) is 9.04. The van der Waals surface area contributed by atoms with Crippen LogP contribution in [0.1, 0.15) is 29.0 Å². The molecular formula is C20H20N2O3S. The Morgan fingerprint density at radius 2 is 1.81 bits per heavy atom. The van der Waals surface area contributed by atoms with Crippen LogP contribution in [0.5, 0.6) is 11.5 Å². The second-order valence-corrected chi connectivity index (χ2v) is 6.56. The summed E-state index contributed by atoms with van der Waals surface area (Å²) in [6.45, 7) is 1.92. The van der Waals surface area contributed by atoms with Gasteiger partial charge in [0.15, 0.2) is 0 Å². The Morgan fingerprint density at radius 3 is 2.50 bits per heavy atom. The van der Waals surface area contributed by atoms with Crippen LogP contribution in [-0.4, -0.2) is 25.1 Å². The summed E-state index contributed by atoms with van der Waals surface area (Å²) in [5.74, 6) is 1.32. The highest BCUT2D eigenvalue weighted by molar-refractivity contribution is 7.13. The summed E-state index contributed by atoms with van der Waals surface area (Å²) in [7, 11) is 3.25. The average Bonchev–Trinajstić information content (AvgIpc) is 3.18. The molecule has 1 atom stereocenters. The predicted molar refractivity (Wildman–Crippen MR) is 103 cm³/mol. The molecule has 0 spiro atoms. The lowest BCUT2D eigenvalue weighted by atomic mass is 10.1. The smallest absolute Gasteiger partial charge is 0.271 e. The zero-order chi connectivity index (χ0) is 18.5. The number of carbonyl (C=O) groups is 1. The molecular weight excluding hydrogens is 348 g/mol. The van der Waals surface area contributed by atoms with Crippen molar-refractivity contribution in [3.8, 4) is 22.1 Å². The van der Waals surface area contributed by atoms with E-state index in [1.165, 1.54) is 11.3 Å². The fraction of sp³-hybridized carbons (Fsp3) is 0.200. The van der Waals surface area contributed by atoms with Gasteiger partial charge < -0.3 is 14.8 Å². The number of nitrogens with zero attached hydrogens (tertiary/aromatic N) is 1. The minimum atomic E-state index is -0.209. The standard InChI is InChI=1S/C20H20N2O3S/c1-13(16-6-4-5-7-18(16)25-3)21-19(23)17-12-26-20(22-17)14-8-10-15(24-2)11-9-14/h4-13H,1-3H3,(H,21,23). The Hall–Kier alpha value is -2.86. The summed E-state index contributed by atoms with van der Waals surface area (Å²) >= 11 is 1.44. The van der Waals surface area contributed by atoms with E-state index in [1.54, 1.807) is 19.6 Å². The van der Waals surface area contributed by atoms with E-state index in [1.807, 2.05) is 55.5 Å². The van der Waals surface area contributed by atoms with Gasteiger partial charge in [0.05, 0.1) is 20.3 Å². The third-order valence-corrected chi connectivity index (χ3v) is 4.92. The Bertz CT molecular complexity index is 890. The van der Waals surface area contributed by atoms with Gasteiger partial charge in [0.2, 0.25) is 0 Å². The van der Waals surface area contributed by atoms with Crippen LogP contribution >= 0.6 is 11.3 Å². The lowest BCUT2D eigenvalue weighted by Gasteiger charge is -2.16. The fourth-order valence-electron chi connectivity index (χ4n) is 2.62. The molecule has 0 radical (unpaired) electrons. The molecule has 1 aromatic heterocycles. The largest absolute Gasteiger partial charge is 0.497 e. The van der Waals surface area contributed by atoms with E-state index >= 15 is 0 Å². The Morgan fingerprint density at radius 1 is 1.08 bits per heavy atom. The minimum absolute atomic E-state index is 0.190. The van der Waals surface area contributed by atoms with Crippen LogP contribution in [0.4, 0.5) is 0 Å². The number of benzene rings is 2. The maximum Gasteiger partial charge on any atom is 0.271 e. The first-order valence-electron chi connectivity index (χ1n) is 8.16. The molecule has 134 valence electrons. The van der Waals surface area contributed by atoms with Crippen LogP contribution in [0, 0.1) is 0 Å². The van der Waals surface area contributed by atoms with Gasteiger partial charge in [-0.05, 0) is 37.3 Å². The summed E-state index contributed by atoms with van der Waals surface area (Å²) in [6.07, 6.45) is 0. The monoisotopic (exact) mass is 368 g/mol. The van der Waals surface area contributed by atoms with Crippen molar-refractivity contribution in [2.45, 2.75) is 13.0 Å². The molecule has 0 bridgehead atoms. The molecule has 3 rings (SSSR count). The van der Waals surface area contributed by atoms with Gasteiger partial charge >= 0.3 is 0 Å². The van der Waals surface area contributed by atoms with Gasteiger partial charge in [-0.25, -0.2) is 4.98 Å². The van der Waals surface area contributed by atoms with Crippen molar-refractivity contribution in [3.63, 3.8) is 0 Å². The van der Waals surface area contributed by atoms with Crippen molar-refractivity contribution >= 4 is 17.2 Å². The molecule has 0 aliphatic carbocycles. The quantitative estimate of drug-likeness (QED) is 0.704. The van der Waals surface area contributed by atoms with E-state index in [9.17, 15) is 4.79 Å². The molecule has 3 aromatic rings. The number of methoxy groups -OCH3 is 2. The number of ether oxygens (including phenoxy) is 2. The highest BCUT2D eigenvalue weighted by atomic mass is 32.1. The minimum Gasteiger partial charge on any atom is -0.497 e. The number of hydrogen-bond donors (Lipinski definition) is 1. The molecule has 0 aliphatic heterocycles. The Kier molecular flexibility index (Phi) is 5.53. The fourth-order valence-corrected chi connectivity index (χ4v) is 3.42. The third kappa shape index (κ3) is 3.86. The topological polar surface area (TPSA) is 60.5 Å². The average molecular weight is 368 g/mol. The SMILES string of the molecule is COc1ccc(-c2nc(C(=O)NC(C)c3ccccc3OC)cs2)cc1. The molecule has 1 unspecified atom stereocenters. The van der Waals surface area contributed by atoms with Gasteiger partial charge in [-0.3, -0.25) is 4.79 Å². The number of hydrogen-bond acceptors (Lipinski definition) is 5. The predicted octanol–water partition coefficient (Wildman–Crippen LogP) is 4.32. The summed E-state index contributed by atoms with van der Waals surface area (Å²) in [4.78, 5) is 17.0. The molecule has 0 saturated heterocycles. The first-order chi connectivity index (χ1) is 12.6. The summed E-state index contributed by atoms with van der Waals surface area (Å²) in [6, 6.07) is 15.1. The second-order valence-electron chi connectivity index (χ2n) is 5.70. The highest BCUT2D eigenvalue weighted by Gasteiger charge is 2.17. The number of rotatable bonds is 6.